The smallest absolute Gasteiger partial charge is 0.408 e. The van der Waals surface area contributed by atoms with E-state index in [1.807, 2.05) is 93.6 Å². The molecule has 0 saturated heterocycles. The van der Waals surface area contributed by atoms with Gasteiger partial charge in [0.1, 0.15) is 17.7 Å². The summed E-state index contributed by atoms with van der Waals surface area (Å²) >= 11 is 0. The number of anilines is 1. The van der Waals surface area contributed by atoms with Gasteiger partial charge >= 0.3 is 6.09 Å². The monoisotopic (exact) mass is 569 g/mol. The third-order valence-corrected chi connectivity index (χ3v) is 7.64. The molecular weight excluding hydrogens is 526 g/mol. The van der Waals surface area contributed by atoms with Crippen molar-refractivity contribution in [1.29, 1.82) is 0 Å². The highest BCUT2D eigenvalue weighted by molar-refractivity contribution is 5.99. The summed E-state index contributed by atoms with van der Waals surface area (Å²) in [7, 11) is 0. The standard InChI is InChI=1S/C35H43N3O4/c1-23-19-20-28(25(3)21-23)31(32(39)36-29-18-11-10-13-24(29)2)38(27-16-12-17-27)33(40)30(22-26-14-8-7-9-15-26)37-34(41)42-35(4,5)6/h7-11,13-15,18-21,27,30-31H,12,16-17,22H2,1-6H3,(H,36,39)(H,37,41). The maximum atomic E-state index is 14.7. The fourth-order valence-electron chi connectivity index (χ4n) is 5.33. The molecule has 3 aromatic carbocycles. The van der Waals surface area contributed by atoms with Crippen LogP contribution in [0, 0.1) is 20.8 Å². The van der Waals surface area contributed by atoms with Gasteiger partial charge in [-0.15, -0.1) is 0 Å². The number of benzene rings is 3. The van der Waals surface area contributed by atoms with Gasteiger partial charge in [0.25, 0.3) is 5.91 Å². The van der Waals surface area contributed by atoms with Gasteiger partial charge in [-0.25, -0.2) is 4.79 Å². The van der Waals surface area contributed by atoms with Gasteiger partial charge in [0.2, 0.25) is 5.91 Å². The summed E-state index contributed by atoms with van der Waals surface area (Å²) in [6.07, 6.45) is 2.14. The normalized spacial score (nSPS) is 14.7. The maximum Gasteiger partial charge on any atom is 0.408 e. The predicted octanol–water partition coefficient (Wildman–Crippen LogP) is 6.81. The molecule has 7 nitrogen and oxygen atoms in total. The Hall–Kier alpha value is -4.13. The molecule has 1 aliphatic carbocycles. The van der Waals surface area contributed by atoms with Crippen molar-refractivity contribution in [2.24, 2.45) is 0 Å². The van der Waals surface area contributed by atoms with E-state index in [1.54, 1.807) is 25.7 Å². The molecule has 42 heavy (non-hydrogen) atoms. The molecular formula is C35H43N3O4. The molecule has 1 fully saturated rings. The van der Waals surface area contributed by atoms with E-state index in [1.165, 1.54) is 0 Å². The number of rotatable bonds is 9. The van der Waals surface area contributed by atoms with E-state index in [4.69, 9.17) is 4.74 Å². The van der Waals surface area contributed by atoms with Gasteiger partial charge in [0.15, 0.2) is 0 Å². The fraction of sp³-hybridized carbons (Fsp3) is 0.400. The van der Waals surface area contributed by atoms with E-state index >= 15 is 0 Å². The molecule has 1 aliphatic rings. The molecule has 0 spiro atoms. The lowest BCUT2D eigenvalue weighted by atomic mass is 9.86. The van der Waals surface area contributed by atoms with E-state index < -0.39 is 23.8 Å². The fourth-order valence-corrected chi connectivity index (χ4v) is 5.33. The second-order valence-electron chi connectivity index (χ2n) is 12.3. The molecule has 1 saturated carbocycles. The van der Waals surface area contributed by atoms with Gasteiger partial charge in [-0.1, -0.05) is 72.3 Å². The summed E-state index contributed by atoms with van der Waals surface area (Å²) < 4.78 is 5.55. The summed E-state index contributed by atoms with van der Waals surface area (Å²) in [5.74, 6) is -0.591. The van der Waals surface area contributed by atoms with Crippen molar-refractivity contribution in [2.45, 2.75) is 91.0 Å². The predicted molar refractivity (Wildman–Crippen MR) is 166 cm³/mol. The van der Waals surface area contributed by atoms with Crippen molar-refractivity contribution >= 4 is 23.6 Å². The first-order chi connectivity index (χ1) is 19.9. The molecule has 0 radical (unpaired) electrons. The van der Waals surface area contributed by atoms with Crippen molar-refractivity contribution < 1.29 is 19.1 Å². The third kappa shape index (κ3) is 7.78. The zero-order chi connectivity index (χ0) is 30.4. The third-order valence-electron chi connectivity index (χ3n) is 7.64. The summed E-state index contributed by atoms with van der Waals surface area (Å²) in [5, 5.41) is 5.95. The minimum atomic E-state index is -0.928. The average molecular weight is 570 g/mol. The van der Waals surface area contributed by atoms with Gasteiger partial charge in [-0.3, -0.25) is 9.59 Å². The van der Waals surface area contributed by atoms with Crippen LogP contribution in [0.1, 0.15) is 73.9 Å². The van der Waals surface area contributed by atoms with Crippen molar-refractivity contribution in [3.05, 3.63) is 101 Å². The molecule has 0 aliphatic heterocycles. The Morgan fingerprint density at radius 1 is 0.905 bits per heavy atom. The van der Waals surface area contributed by atoms with Crippen LogP contribution in [-0.2, 0) is 20.7 Å². The van der Waals surface area contributed by atoms with Gasteiger partial charge in [-0.05, 0) is 89.1 Å². The summed E-state index contributed by atoms with van der Waals surface area (Å²) in [4.78, 5) is 43.7. The molecule has 2 atom stereocenters. The number of hydrogen-bond acceptors (Lipinski definition) is 4. The Morgan fingerprint density at radius 3 is 2.17 bits per heavy atom. The van der Waals surface area contributed by atoms with E-state index in [0.29, 0.717) is 5.69 Å². The number of carbonyl (C=O) groups excluding carboxylic acids is 3. The molecule has 3 aromatic rings. The SMILES string of the molecule is Cc1ccc(C(C(=O)Nc2ccccc2C)N(C(=O)C(Cc2ccccc2)NC(=O)OC(C)(C)C)C2CCC2)c(C)c1. The van der Waals surface area contributed by atoms with Crippen LogP contribution in [0.25, 0.3) is 0 Å². The number of para-hydroxylation sites is 1. The molecule has 3 amide bonds. The topological polar surface area (TPSA) is 87.7 Å². The average Bonchev–Trinajstić information content (AvgIpc) is 2.88. The number of aryl methyl sites for hydroxylation is 3. The number of alkyl carbamates (subject to hydrolysis) is 1. The Bertz CT molecular complexity index is 1410. The molecule has 222 valence electrons. The Balaban J connectivity index is 1.77. The first kappa shape index (κ1) is 30.8. The second kappa shape index (κ2) is 13.2. The number of amides is 3. The van der Waals surface area contributed by atoms with Crippen LogP contribution in [0.5, 0.6) is 0 Å². The summed E-state index contributed by atoms with van der Waals surface area (Å²) in [6.45, 7) is 11.3. The second-order valence-corrected chi connectivity index (χ2v) is 12.3. The number of ether oxygens (including phenoxy) is 1. The first-order valence-corrected chi connectivity index (χ1v) is 14.7. The molecule has 0 heterocycles. The van der Waals surface area contributed by atoms with E-state index in [9.17, 15) is 14.4 Å². The van der Waals surface area contributed by atoms with Crippen LogP contribution < -0.4 is 10.6 Å². The van der Waals surface area contributed by atoms with E-state index in [0.717, 1.165) is 47.1 Å². The molecule has 7 heteroatoms. The molecule has 2 unspecified atom stereocenters. The zero-order valence-corrected chi connectivity index (χ0v) is 25.6. The number of nitrogens with zero attached hydrogens (tertiary/aromatic N) is 1. The van der Waals surface area contributed by atoms with Crippen LogP contribution in [0.3, 0.4) is 0 Å². The molecule has 2 N–H and O–H groups in total. The van der Waals surface area contributed by atoms with Gasteiger partial charge in [-0.2, -0.15) is 0 Å². The van der Waals surface area contributed by atoms with Crippen molar-refractivity contribution in [3.63, 3.8) is 0 Å². The molecule has 4 rings (SSSR count). The first-order valence-electron chi connectivity index (χ1n) is 14.7. The van der Waals surface area contributed by atoms with E-state index in [2.05, 4.69) is 10.6 Å². The Kier molecular flexibility index (Phi) is 9.71. The number of hydrogen-bond donors (Lipinski definition) is 2. The maximum absolute atomic E-state index is 14.7. The highest BCUT2D eigenvalue weighted by Gasteiger charge is 2.42. The highest BCUT2D eigenvalue weighted by atomic mass is 16.6. The van der Waals surface area contributed by atoms with Gasteiger partial charge < -0.3 is 20.3 Å². The van der Waals surface area contributed by atoms with Crippen LogP contribution in [0.2, 0.25) is 0 Å². The lowest BCUT2D eigenvalue weighted by molar-refractivity contribution is -0.145. The quantitative estimate of drug-likeness (QED) is 0.296. The number of nitrogens with one attached hydrogen (secondary N) is 2. The lowest BCUT2D eigenvalue weighted by Gasteiger charge is -2.44. The highest BCUT2D eigenvalue weighted by Crippen LogP contribution is 2.36. The van der Waals surface area contributed by atoms with Crippen molar-refractivity contribution in [3.8, 4) is 0 Å². The van der Waals surface area contributed by atoms with Crippen LogP contribution >= 0.6 is 0 Å². The lowest BCUT2D eigenvalue weighted by Crippen LogP contribution is -2.57. The Labute approximate surface area is 249 Å². The molecule has 0 aromatic heterocycles. The van der Waals surface area contributed by atoms with E-state index in [-0.39, 0.29) is 24.3 Å². The van der Waals surface area contributed by atoms with Crippen molar-refractivity contribution in [1.82, 2.24) is 10.2 Å². The molecule has 0 bridgehead atoms. The van der Waals surface area contributed by atoms with Crippen molar-refractivity contribution in [2.75, 3.05) is 5.32 Å². The minimum absolute atomic E-state index is 0.135. The largest absolute Gasteiger partial charge is 0.444 e. The number of carbonyl (C=O) groups is 3. The van der Waals surface area contributed by atoms with Crippen LogP contribution in [0.4, 0.5) is 10.5 Å². The minimum Gasteiger partial charge on any atom is -0.444 e. The Morgan fingerprint density at radius 2 is 1.57 bits per heavy atom. The van der Waals surface area contributed by atoms with Crippen LogP contribution in [0.15, 0.2) is 72.8 Å². The summed E-state index contributed by atoms with van der Waals surface area (Å²) in [6, 6.07) is 21.2. The van der Waals surface area contributed by atoms with Gasteiger partial charge in [0.05, 0.1) is 0 Å². The zero-order valence-electron chi connectivity index (χ0n) is 25.6. The van der Waals surface area contributed by atoms with Crippen LogP contribution in [-0.4, -0.2) is 40.5 Å². The van der Waals surface area contributed by atoms with Gasteiger partial charge in [0, 0.05) is 18.2 Å². The summed E-state index contributed by atoms with van der Waals surface area (Å²) in [5.41, 5.74) is 4.57.